The number of ether oxygens (including phenoxy) is 1. The lowest BCUT2D eigenvalue weighted by Crippen LogP contribution is -2.48. The third-order valence-corrected chi connectivity index (χ3v) is 4.59. The predicted octanol–water partition coefficient (Wildman–Crippen LogP) is 3.30. The van der Waals surface area contributed by atoms with Gasteiger partial charge in [-0.05, 0) is 49.7 Å². The molecule has 0 aromatic carbocycles. The number of aliphatic hydroxyl groups is 1. The van der Waals surface area contributed by atoms with Crippen molar-refractivity contribution in [1.82, 2.24) is 4.98 Å². The quantitative estimate of drug-likeness (QED) is 0.906. The summed E-state index contributed by atoms with van der Waals surface area (Å²) in [7, 11) is 0. The van der Waals surface area contributed by atoms with Crippen LogP contribution in [-0.2, 0) is 6.42 Å². The molecule has 1 N–H and O–H groups in total. The van der Waals surface area contributed by atoms with Crippen molar-refractivity contribution in [3.8, 4) is 5.75 Å². The molecular weight excluding hydrogens is 276 g/mol. The minimum Gasteiger partial charge on any atom is -0.492 e. The van der Waals surface area contributed by atoms with Crippen LogP contribution in [0.25, 0.3) is 0 Å². The molecule has 0 amide bonds. The number of aromatic nitrogens is 1. The van der Waals surface area contributed by atoms with Crippen molar-refractivity contribution >= 4 is 5.82 Å². The number of aryl methyl sites for hydroxylation is 1. The summed E-state index contributed by atoms with van der Waals surface area (Å²) in [6, 6.07) is 2.47. The third kappa shape index (κ3) is 3.12. The van der Waals surface area contributed by atoms with Crippen LogP contribution in [0.2, 0.25) is 0 Å². The summed E-state index contributed by atoms with van der Waals surface area (Å²) < 4.78 is 5.82. The van der Waals surface area contributed by atoms with E-state index in [9.17, 15) is 5.11 Å². The van der Waals surface area contributed by atoms with Gasteiger partial charge in [0.25, 0.3) is 0 Å². The van der Waals surface area contributed by atoms with Crippen molar-refractivity contribution in [2.45, 2.75) is 58.1 Å². The van der Waals surface area contributed by atoms with Crippen LogP contribution in [0.5, 0.6) is 5.75 Å². The van der Waals surface area contributed by atoms with E-state index in [4.69, 9.17) is 4.74 Å². The number of fused-ring (bicyclic) bond motifs is 1. The average Bonchev–Trinajstić information content (AvgIpc) is 2.44. The number of allylic oxidation sites excluding steroid dienone is 1. The molecular formula is C18H26N2O2. The first-order chi connectivity index (χ1) is 10.5. The van der Waals surface area contributed by atoms with E-state index in [1.165, 1.54) is 5.56 Å². The van der Waals surface area contributed by atoms with Crippen LogP contribution in [0.3, 0.4) is 0 Å². The zero-order chi connectivity index (χ0) is 15.7. The smallest absolute Gasteiger partial charge is 0.138 e. The Hall–Kier alpha value is -1.55. The van der Waals surface area contributed by atoms with Crippen molar-refractivity contribution in [3.63, 3.8) is 0 Å². The van der Waals surface area contributed by atoms with Gasteiger partial charge in [0, 0.05) is 11.7 Å². The summed E-state index contributed by atoms with van der Waals surface area (Å²) in [5.41, 5.74) is 2.35. The van der Waals surface area contributed by atoms with Gasteiger partial charge in [0.1, 0.15) is 11.6 Å². The number of pyridine rings is 1. The molecule has 1 aliphatic heterocycles. The van der Waals surface area contributed by atoms with Gasteiger partial charge >= 0.3 is 0 Å². The van der Waals surface area contributed by atoms with Gasteiger partial charge in [-0.2, -0.15) is 0 Å². The second kappa shape index (κ2) is 6.29. The lowest BCUT2D eigenvalue weighted by Gasteiger charge is -2.44. The molecule has 4 heteroatoms. The SMILES string of the molecule is C=C1CCc2cc(OCCC(C)C)cnc2N1[C@H]1C[C@H](O)C1. The van der Waals surface area contributed by atoms with E-state index in [0.29, 0.717) is 12.0 Å². The minimum absolute atomic E-state index is 0.165. The number of aliphatic hydroxyl groups excluding tert-OH is 1. The van der Waals surface area contributed by atoms with Crippen molar-refractivity contribution in [1.29, 1.82) is 0 Å². The molecule has 1 aromatic heterocycles. The molecule has 0 unspecified atom stereocenters. The fraction of sp³-hybridized carbons (Fsp3) is 0.611. The molecule has 0 saturated heterocycles. The highest BCUT2D eigenvalue weighted by molar-refractivity contribution is 5.58. The van der Waals surface area contributed by atoms with Crippen LogP contribution in [-0.4, -0.2) is 28.8 Å². The van der Waals surface area contributed by atoms with Crippen LogP contribution in [0.1, 0.15) is 45.1 Å². The molecule has 120 valence electrons. The summed E-state index contributed by atoms with van der Waals surface area (Å²) in [5, 5.41) is 9.57. The summed E-state index contributed by atoms with van der Waals surface area (Å²) in [6.45, 7) is 9.33. The van der Waals surface area contributed by atoms with Crippen LogP contribution in [0.15, 0.2) is 24.5 Å². The Morgan fingerprint density at radius 2 is 2.18 bits per heavy atom. The van der Waals surface area contributed by atoms with Gasteiger partial charge in [0.2, 0.25) is 0 Å². The van der Waals surface area contributed by atoms with E-state index in [0.717, 1.165) is 56.0 Å². The fourth-order valence-corrected chi connectivity index (χ4v) is 3.12. The molecule has 0 bridgehead atoms. The number of nitrogens with zero attached hydrogens (tertiary/aromatic N) is 2. The number of rotatable bonds is 5. The van der Waals surface area contributed by atoms with Gasteiger partial charge in [-0.15, -0.1) is 0 Å². The van der Waals surface area contributed by atoms with Crippen molar-refractivity contribution < 1.29 is 9.84 Å². The number of hydrogen-bond donors (Lipinski definition) is 1. The highest BCUT2D eigenvalue weighted by Crippen LogP contribution is 2.39. The molecule has 22 heavy (non-hydrogen) atoms. The Morgan fingerprint density at radius 3 is 2.86 bits per heavy atom. The minimum atomic E-state index is -0.165. The average molecular weight is 302 g/mol. The van der Waals surface area contributed by atoms with E-state index in [1.807, 2.05) is 6.20 Å². The maximum absolute atomic E-state index is 9.57. The van der Waals surface area contributed by atoms with E-state index >= 15 is 0 Å². The molecule has 0 atom stereocenters. The highest BCUT2D eigenvalue weighted by atomic mass is 16.5. The fourth-order valence-electron chi connectivity index (χ4n) is 3.12. The van der Waals surface area contributed by atoms with Crippen molar-refractivity contribution in [2.75, 3.05) is 11.5 Å². The molecule has 2 aliphatic rings. The summed E-state index contributed by atoms with van der Waals surface area (Å²) in [6.07, 6.45) is 6.26. The second-order valence-electron chi connectivity index (χ2n) is 6.90. The second-order valence-corrected chi connectivity index (χ2v) is 6.90. The first-order valence-corrected chi connectivity index (χ1v) is 8.31. The number of anilines is 1. The molecule has 2 heterocycles. The van der Waals surface area contributed by atoms with Crippen LogP contribution >= 0.6 is 0 Å². The topological polar surface area (TPSA) is 45.6 Å². The molecule has 3 rings (SSSR count). The Kier molecular flexibility index (Phi) is 4.39. The van der Waals surface area contributed by atoms with Gasteiger partial charge in [0.15, 0.2) is 0 Å². The Morgan fingerprint density at radius 1 is 1.41 bits per heavy atom. The predicted molar refractivity (Wildman–Crippen MR) is 88.2 cm³/mol. The molecule has 4 nitrogen and oxygen atoms in total. The Bertz CT molecular complexity index is 550. The summed E-state index contributed by atoms with van der Waals surface area (Å²) >= 11 is 0. The molecule has 0 radical (unpaired) electrons. The first-order valence-electron chi connectivity index (χ1n) is 8.31. The van der Waals surface area contributed by atoms with Crippen LogP contribution in [0.4, 0.5) is 5.82 Å². The van der Waals surface area contributed by atoms with Crippen molar-refractivity contribution in [2.24, 2.45) is 5.92 Å². The third-order valence-electron chi connectivity index (χ3n) is 4.59. The maximum Gasteiger partial charge on any atom is 0.138 e. The zero-order valence-electron chi connectivity index (χ0n) is 13.6. The lowest BCUT2D eigenvalue weighted by molar-refractivity contribution is 0.0748. The molecule has 0 spiro atoms. The van der Waals surface area contributed by atoms with Gasteiger partial charge in [-0.25, -0.2) is 4.98 Å². The number of hydrogen-bond acceptors (Lipinski definition) is 4. The summed E-state index contributed by atoms with van der Waals surface area (Å²) in [4.78, 5) is 6.86. The Balaban J connectivity index is 1.73. The van der Waals surface area contributed by atoms with Gasteiger partial charge in [-0.1, -0.05) is 20.4 Å². The lowest BCUT2D eigenvalue weighted by atomic mass is 9.86. The first kappa shape index (κ1) is 15.3. The maximum atomic E-state index is 9.57. The highest BCUT2D eigenvalue weighted by Gasteiger charge is 2.36. The largest absolute Gasteiger partial charge is 0.492 e. The van der Waals surface area contributed by atoms with E-state index in [-0.39, 0.29) is 6.10 Å². The van der Waals surface area contributed by atoms with Gasteiger partial charge in [0.05, 0.1) is 18.9 Å². The summed E-state index contributed by atoms with van der Waals surface area (Å²) in [5.74, 6) is 2.51. The van der Waals surface area contributed by atoms with E-state index < -0.39 is 0 Å². The molecule has 1 aliphatic carbocycles. The zero-order valence-corrected chi connectivity index (χ0v) is 13.6. The standard InChI is InChI=1S/C18H26N2O2/c1-12(2)6-7-22-17-8-14-5-4-13(3)20(18(14)19-11-17)15-9-16(21)10-15/h8,11-12,15-16,21H,3-7,9-10H2,1-2H3/t15-,16-. The molecule has 1 fully saturated rings. The van der Waals surface area contributed by atoms with E-state index in [1.54, 1.807) is 0 Å². The van der Waals surface area contributed by atoms with Gasteiger partial charge in [-0.3, -0.25) is 0 Å². The normalized spacial score (nSPS) is 24.2. The molecule has 1 saturated carbocycles. The van der Waals surface area contributed by atoms with Crippen LogP contribution < -0.4 is 9.64 Å². The van der Waals surface area contributed by atoms with E-state index in [2.05, 4.69) is 36.4 Å². The van der Waals surface area contributed by atoms with Gasteiger partial charge < -0.3 is 14.7 Å². The van der Waals surface area contributed by atoms with Crippen molar-refractivity contribution in [3.05, 3.63) is 30.1 Å². The molecule has 1 aromatic rings. The monoisotopic (exact) mass is 302 g/mol. The Labute approximate surface area is 132 Å². The van der Waals surface area contributed by atoms with Crippen LogP contribution in [0, 0.1) is 5.92 Å².